The molecule has 25 heavy (non-hydrogen) atoms. The van der Waals surface area contributed by atoms with Gasteiger partial charge in [-0.05, 0) is 0 Å². The standard InChI is InChI=1S/C16H29B2O6P/c1-9-13(20-4)12(23-15(9)17)8-21-25(5,6)24-14-10(2)16(18)22-11(14)7-19-3/h9-16H,5,7-8H2,1-4,6H3. The second-order valence-electron chi connectivity index (χ2n) is 7.03. The van der Waals surface area contributed by atoms with E-state index in [1.165, 1.54) is 0 Å². The monoisotopic (exact) mass is 370 g/mol. The fourth-order valence-electron chi connectivity index (χ4n) is 3.34. The van der Waals surface area contributed by atoms with Crippen LogP contribution >= 0.6 is 7.34 Å². The number of hydrogen-bond acceptors (Lipinski definition) is 6. The van der Waals surface area contributed by atoms with Crippen molar-refractivity contribution in [1.29, 1.82) is 0 Å². The van der Waals surface area contributed by atoms with Crippen molar-refractivity contribution in [2.24, 2.45) is 11.8 Å². The number of ether oxygens (including phenoxy) is 4. The van der Waals surface area contributed by atoms with Gasteiger partial charge in [-0.3, -0.25) is 0 Å². The maximum absolute atomic E-state index is 6.19. The van der Waals surface area contributed by atoms with Crippen molar-refractivity contribution in [3.63, 3.8) is 0 Å². The van der Waals surface area contributed by atoms with Gasteiger partial charge in [0.25, 0.3) is 0 Å². The maximum Gasteiger partial charge on any atom is 0.115 e. The quantitative estimate of drug-likeness (QED) is 0.470. The molecule has 2 heterocycles. The third-order valence-corrected chi connectivity index (χ3v) is 6.31. The summed E-state index contributed by atoms with van der Waals surface area (Å²) < 4.78 is 34.3. The largest absolute Gasteiger partial charge is 0.382 e. The van der Waals surface area contributed by atoms with Gasteiger partial charge in [-0.15, -0.1) is 0 Å². The molecule has 2 aliphatic heterocycles. The molecule has 2 aliphatic rings. The molecule has 0 saturated carbocycles. The lowest BCUT2D eigenvalue weighted by Crippen LogP contribution is -2.33. The smallest absolute Gasteiger partial charge is 0.115 e. The molecule has 9 atom stereocenters. The van der Waals surface area contributed by atoms with Gasteiger partial charge < -0.3 is 28.0 Å². The van der Waals surface area contributed by atoms with E-state index < -0.39 is 7.34 Å². The van der Waals surface area contributed by atoms with E-state index in [1.54, 1.807) is 14.2 Å². The highest BCUT2D eigenvalue weighted by Crippen LogP contribution is 2.49. The van der Waals surface area contributed by atoms with Gasteiger partial charge in [0.1, 0.15) is 35.2 Å². The Morgan fingerprint density at radius 1 is 0.960 bits per heavy atom. The zero-order valence-electron chi connectivity index (χ0n) is 15.8. The van der Waals surface area contributed by atoms with Gasteiger partial charge in [-0.2, -0.15) is 0 Å². The highest BCUT2D eigenvalue weighted by Gasteiger charge is 2.43. The van der Waals surface area contributed by atoms with E-state index in [0.717, 1.165) is 0 Å². The molecule has 0 bridgehead atoms. The Kier molecular flexibility index (Phi) is 7.67. The van der Waals surface area contributed by atoms with E-state index >= 15 is 0 Å². The summed E-state index contributed by atoms with van der Waals surface area (Å²) in [7, 11) is 12.9. The zero-order chi connectivity index (χ0) is 18.8. The first-order valence-corrected chi connectivity index (χ1v) is 10.8. The molecule has 9 heteroatoms. The third-order valence-electron chi connectivity index (χ3n) is 4.93. The van der Waals surface area contributed by atoms with Crippen molar-refractivity contribution in [2.45, 2.75) is 50.3 Å². The molecule has 9 unspecified atom stereocenters. The Morgan fingerprint density at radius 3 is 2.00 bits per heavy atom. The van der Waals surface area contributed by atoms with E-state index in [-0.39, 0.29) is 48.3 Å². The summed E-state index contributed by atoms with van der Waals surface area (Å²) in [5.74, 6) is 0.119. The van der Waals surface area contributed by atoms with Crippen LogP contribution in [0.5, 0.6) is 0 Å². The Hall–Kier alpha value is 0.190. The van der Waals surface area contributed by atoms with Crippen LogP contribution in [0.25, 0.3) is 0 Å². The molecule has 2 saturated heterocycles. The minimum Gasteiger partial charge on any atom is -0.382 e. The van der Waals surface area contributed by atoms with Gasteiger partial charge in [0.15, 0.2) is 0 Å². The first kappa shape index (κ1) is 21.5. The molecule has 140 valence electrons. The lowest BCUT2D eigenvalue weighted by atomic mass is 9.86. The van der Waals surface area contributed by atoms with Gasteiger partial charge in [0.05, 0.1) is 25.4 Å². The van der Waals surface area contributed by atoms with Crippen molar-refractivity contribution < 1.29 is 28.0 Å². The van der Waals surface area contributed by atoms with Crippen molar-refractivity contribution in [3.8, 4) is 0 Å². The maximum atomic E-state index is 6.19. The lowest BCUT2D eigenvalue weighted by molar-refractivity contribution is -0.0264. The van der Waals surface area contributed by atoms with E-state index in [0.29, 0.717) is 13.2 Å². The second-order valence-corrected chi connectivity index (χ2v) is 9.53. The van der Waals surface area contributed by atoms with Crippen LogP contribution in [0.1, 0.15) is 13.8 Å². The Morgan fingerprint density at radius 2 is 1.48 bits per heavy atom. The van der Waals surface area contributed by atoms with E-state index in [9.17, 15) is 0 Å². The Bertz CT molecular complexity index is 482. The summed E-state index contributed by atoms with van der Waals surface area (Å²) in [6, 6.07) is -0.749. The topological polar surface area (TPSA) is 55.4 Å². The number of methoxy groups -OCH3 is 2. The molecule has 0 aromatic heterocycles. The predicted molar refractivity (Wildman–Crippen MR) is 101 cm³/mol. The van der Waals surface area contributed by atoms with Crippen molar-refractivity contribution >= 4 is 29.3 Å². The molecular weight excluding hydrogens is 341 g/mol. The predicted octanol–water partition coefficient (Wildman–Crippen LogP) is 1.02. The van der Waals surface area contributed by atoms with Crippen molar-refractivity contribution in [1.82, 2.24) is 0 Å². The third kappa shape index (κ3) is 5.13. The van der Waals surface area contributed by atoms with Crippen molar-refractivity contribution in [2.75, 3.05) is 34.1 Å². The van der Waals surface area contributed by atoms with Crippen LogP contribution in [0.15, 0.2) is 0 Å². The second kappa shape index (κ2) is 8.92. The first-order valence-electron chi connectivity index (χ1n) is 8.57. The molecule has 4 radical (unpaired) electrons. The minimum atomic E-state index is -2.36. The average molecular weight is 370 g/mol. The van der Waals surface area contributed by atoms with Gasteiger partial charge in [-0.25, -0.2) is 0 Å². The summed E-state index contributed by atoms with van der Waals surface area (Å²) in [5.41, 5.74) is 0. The highest BCUT2D eigenvalue weighted by molar-refractivity contribution is 7.63. The number of hydrogen-bond donors (Lipinski definition) is 0. The minimum absolute atomic E-state index is 0.0210. The van der Waals surface area contributed by atoms with Crippen LogP contribution < -0.4 is 0 Å². The molecule has 0 amide bonds. The lowest BCUT2D eigenvalue weighted by Gasteiger charge is -2.30. The van der Waals surface area contributed by atoms with E-state index in [4.69, 9.17) is 43.7 Å². The number of rotatable bonds is 8. The highest BCUT2D eigenvalue weighted by atomic mass is 31.2. The Balaban J connectivity index is 1.94. The first-order chi connectivity index (χ1) is 11.7. The van der Waals surface area contributed by atoms with Crippen LogP contribution in [0.3, 0.4) is 0 Å². The summed E-state index contributed by atoms with van der Waals surface area (Å²) in [4.78, 5) is 0. The van der Waals surface area contributed by atoms with Gasteiger partial charge in [-0.1, -0.05) is 20.1 Å². The van der Waals surface area contributed by atoms with Crippen molar-refractivity contribution in [3.05, 3.63) is 0 Å². The Labute approximate surface area is 154 Å². The molecule has 6 nitrogen and oxygen atoms in total. The molecule has 2 rings (SSSR count). The van der Waals surface area contributed by atoms with Gasteiger partial charge >= 0.3 is 0 Å². The van der Waals surface area contributed by atoms with Gasteiger partial charge in [0, 0.05) is 44.7 Å². The SMILES string of the molecule is [B]C1OC(COP(=C)(C)OC2C(COC)OC([B])C2C)C(OC)C1C. The normalized spacial score (nSPS) is 44.0. The fraction of sp³-hybridized carbons (Fsp3) is 0.938. The van der Waals surface area contributed by atoms with Crippen LogP contribution in [0.4, 0.5) is 0 Å². The summed E-state index contributed by atoms with van der Waals surface area (Å²) in [5, 5.41) is 0. The molecule has 0 aromatic rings. The summed E-state index contributed by atoms with van der Waals surface area (Å²) in [6.07, 6.45) is 3.32. The molecular formula is C16H29B2O6P. The average Bonchev–Trinajstić information content (AvgIpc) is 2.97. The van der Waals surface area contributed by atoms with Gasteiger partial charge in [0.2, 0.25) is 0 Å². The van der Waals surface area contributed by atoms with Crippen LogP contribution in [-0.4, -0.2) is 92.5 Å². The molecule has 0 spiro atoms. The van der Waals surface area contributed by atoms with E-state index in [2.05, 4.69) is 6.30 Å². The van der Waals surface area contributed by atoms with Crippen LogP contribution in [-0.2, 0) is 28.0 Å². The summed E-state index contributed by atoms with van der Waals surface area (Å²) >= 11 is 0. The van der Waals surface area contributed by atoms with E-state index in [1.807, 2.05) is 20.5 Å². The molecule has 0 aliphatic carbocycles. The van der Waals surface area contributed by atoms with Crippen LogP contribution in [0, 0.1) is 11.8 Å². The molecule has 2 fully saturated rings. The summed E-state index contributed by atoms with van der Waals surface area (Å²) in [6.45, 7) is 6.59. The molecule has 0 N–H and O–H groups in total. The zero-order valence-corrected chi connectivity index (χ0v) is 16.7. The fourth-order valence-corrected chi connectivity index (χ4v) is 4.71. The van der Waals surface area contributed by atoms with Crippen LogP contribution in [0.2, 0.25) is 0 Å². The molecule has 0 aromatic carbocycles.